The highest BCUT2D eigenvalue weighted by molar-refractivity contribution is 9.10. The molecule has 0 saturated carbocycles. The number of hydrogen-bond donors (Lipinski definition) is 0. The summed E-state index contributed by atoms with van der Waals surface area (Å²) in [5, 5.41) is 0. The van der Waals surface area contributed by atoms with E-state index in [4.69, 9.17) is 7.85 Å². The molecule has 0 fully saturated rings. The van der Waals surface area contributed by atoms with Crippen LogP contribution in [0.25, 0.3) is 22.3 Å². The van der Waals surface area contributed by atoms with Crippen molar-refractivity contribution in [2.45, 2.75) is 5.41 Å². The maximum Gasteiger partial charge on any atom is 0.113 e. The third-order valence-corrected chi connectivity index (χ3v) is 6.57. The van der Waals surface area contributed by atoms with Gasteiger partial charge < -0.3 is 0 Å². The first-order valence-electron chi connectivity index (χ1n) is 9.11. The third kappa shape index (κ3) is 1.79. The maximum absolute atomic E-state index is 6.28. The van der Waals surface area contributed by atoms with Crippen LogP contribution >= 0.6 is 15.9 Å². The fraction of sp³-hybridized carbons (Fsp3) is 0.0400. The molecule has 0 saturated heterocycles. The SMILES string of the molecule is [B]c1ccc2c(c1)C1(c3ccccc3-c3ccccc31)c1cc(Br)ccc1-2. The van der Waals surface area contributed by atoms with Gasteiger partial charge in [0.1, 0.15) is 7.85 Å². The van der Waals surface area contributed by atoms with Crippen molar-refractivity contribution in [1.82, 2.24) is 0 Å². The number of rotatable bonds is 0. The van der Waals surface area contributed by atoms with Gasteiger partial charge in [-0.3, -0.25) is 0 Å². The highest BCUT2D eigenvalue weighted by atomic mass is 79.9. The molecule has 0 amide bonds. The fourth-order valence-corrected chi connectivity index (χ4v) is 5.49. The molecule has 0 aliphatic heterocycles. The van der Waals surface area contributed by atoms with E-state index >= 15 is 0 Å². The molecule has 4 aromatic carbocycles. The van der Waals surface area contributed by atoms with E-state index in [0.29, 0.717) is 0 Å². The number of hydrogen-bond acceptors (Lipinski definition) is 0. The van der Waals surface area contributed by atoms with Gasteiger partial charge in [0, 0.05) is 4.47 Å². The summed E-state index contributed by atoms with van der Waals surface area (Å²) in [5.41, 5.74) is 11.0. The second-order valence-corrected chi connectivity index (χ2v) is 8.25. The van der Waals surface area contributed by atoms with Crippen LogP contribution < -0.4 is 5.46 Å². The lowest BCUT2D eigenvalue weighted by molar-refractivity contribution is 0.794. The minimum atomic E-state index is -0.309. The molecule has 124 valence electrons. The molecule has 1 spiro atoms. The maximum atomic E-state index is 6.28. The third-order valence-electron chi connectivity index (χ3n) is 6.08. The first kappa shape index (κ1) is 15.5. The van der Waals surface area contributed by atoms with Gasteiger partial charge in [-0.1, -0.05) is 94.2 Å². The van der Waals surface area contributed by atoms with E-state index in [9.17, 15) is 0 Å². The summed E-state index contributed by atoms with van der Waals surface area (Å²) < 4.78 is 1.10. The normalized spacial score (nSPS) is 14.6. The van der Waals surface area contributed by atoms with Crippen LogP contribution in [0.1, 0.15) is 22.3 Å². The molecule has 0 N–H and O–H groups in total. The Hall–Kier alpha value is -2.58. The van der Waals surface area contributed by atoms with E-state index in [1.165, 1.54) is 44.5 Å². The van der Waals surface area contributed by atoms with Gasteiger partial charge in [0.15, 0.2) is 0 Å². The molecule has 2 aliphatic carbocycles. The average molecular weight is 405 g/mol. The van der Waals surface area contributed by atoms with Crippen molar-refractivity contribution in [2.24, 2.45) is 0 Å². The molecule has 2 aliphatic rings. The Morgan fingerprint density at radius 1 is 0.556 bits per heavy atom. The van der Waals surface area contributed by atoms with Crippen molar-refractivity contribution in [1.29, 1.82) is 0 Å². The Balaban J connectivity index is 1.88. The highest BCUT2D eigenvalue weighted by Gasteiger charge is 2.51. The van der Waals surface area contributed by atoms with E-state index in [0.717, 1.165) is 9.94 Å². The van der Waals surface area contributed by atoms with Gasteiger partial charge in [0.05, 0.1) is 5.41 Å². The highest BCUT2D eigenvalue weighted by Crippen LogP contribution is 2.62. The largest absolute Gasteiger partial charge is 0.113 e. The van der Waals surface area contributed by atoms with Crippen LogP contribution in [0.15, 0.2) is 89.4 Å². The van der Waals surface area contributed by atoms with E-state index in [1.807, 2.05) is 6.07 Å². The number of benzene rings is 4. The van der Waals surface area contributed by atoms with Crippen molar-refractivity contribution in [3.05, 3.63) is 112 Å². The van der Waals surface area contributed by atoms with Crippen molar-refractivity contribution in [3.8, 4) is 22.3 Å². The Kier molecular flexibility index (Phi) is 3.00. The van der Waals surface area contributed by atoms with Crippen LogP contribution in [-0.4, -0.2) is 7.85 Å². The molecule has 2 radical (unpaired) electrons. The van der Waals surface area contributed by atoms with E-state index in [-0.39, 0.29) is 5.41 Å². The molecule has 2 heteroatoms. The van der Waals surface area contributed by atoms with E-state index in [2.05, 4.69) is 94.8 Å². The molecular formula is C25H14BBr. The van der Waals surface area contributed by atoms with Crippen molar-refractivity contribution in [3.63, 3.8) is 0 Å². The van der Waals surface area contributed by atoms with Gasteiger partial charge >= 0.3 is 0 Å². The Labute approximate surface area is 168 Å². The van der Waals surface area contributed by atoms with E-state index in [1.54, 1.807) is 0 Å². The second-order valence-electron chi connectivity index (χ2n) is 7.34. The van der Waals surface area contributed by atoms with Crippen LogP contribution in [0.5, 0.6) is 0 Å². The summed E-state index contributed by atoms with van der Waals surface area (Å²) >= 11 is 3.71. The fourth-order valence-electron chi connectivity index (χ4n) is 5.13. The second kappa shape index (κ2) is 5.24. The molecule has 6 rings (SSSR count). The zero-order valence-electron chi connectivity index (χ0n) is 14.5. The van der Waals surface area contributed by atoms with Gasteiger partial charge in [-0.15, -0.1) is 0 Å². The van der Waals surface area contributed by atoms with Gasteiger partial charge in [-0.05, 0) is 56.6 Å². The quantitative estimate of drug-likeness (QED) is 0.289. The van der Waals surface area contributed by atoms with Crippen molar-refractivity contribution in [2.75, 3.05) is 0 Å². The first-order valence-corrected chi connectivity index (χ1v) is 9.90. The zero-order valence-corrected chi connectivity index (χ0v) is 16.1. The lowest BCUT2D eigenvalue weighted by atomic mass is 9.70. The van der Waals surface area contributed by atoms with Crippen LogP contribution in [0, 0.1) is 0 Å². The lowest BCUT2D eigenvalue weighted by Gasteiger charge is -2.30. The summed E-state index contributed by atoms with van der Waals surface area (Å²) in [6.07, 6.45) is 0. The molecule has 27 heavy (non-hydrogen) atoms. The molecule has 0 unspecified atom stereocenters. The molecule has 0 bridgehead atoms. The Bertz CT molecular complexity index is 1160. The standard InChI is InChI=1S/C25H14BBr/c26-15-9-11-19-20-12-10-16(27)14-24(20)25(23(19)13-15)21-7-3-1-5-17(21)18-6-2-4-8-22(18)25/h1-14H. The molecule has 4 aromatic rings. The van der Waals surface area contributed by atoms with Crippen LogP contribution in [-0.2, 0) is 5.41 Å². The van der Waals surface area contributed by atoms with Gasteiger partial charge in [-0.25, -0.2) is 0 Å². The molecule has 0 nitrogen and oxygen atoms in total. The molecule has 0 atom stereocenters. The molecule has 0 heterocycles. The van der Waals surface area contributed by atoms with Crippen molar-refractivity contribution < 1.29 is 0 Å². The summed E-state index contributed by atoms with van der Waals surface area (Å²) in [4.78, 5) is 0. The Morgan fingerprint density at radius 3 is 1.74 bits per heavy atom. The molecule has 0 aromatic heterocycles. The van der Waals surface area contributed by atoms with Crippen molar-refractivity contribution >= 4 is 29.2 Å². The monoisotopic (exact) mass is 404 g/mol. The summed E-state index contributed by atoms with van der Waals surface area (Å²) in [5.74, 6) is 0. The zero-order chi connectivity index (χ0) is 18.2. The van der Waals surface area contributed by atoms with Gasteiger partial charge in [-0.2, -0.15) is 0 Å². The summed E-state index contributed by atoms with van der Waals surface area (Å²) in [6.45, 7) is 0. The minimum Gasteiger partial charge on any atom is -0.0963 e. The first-order chi connectivity index (χ1) is 13.2. The minimum absolute atomic E-state index is 0.309. The number of fused-ring (bicyclic) bond motifs is 10. The van der Waals surface area contributed by atoms with Crippen LogP contribution in [0.2, 0.25) is 0 Å². The van der Waals surface area contributed by atoms with E-state index < -0.39 is 0 Å². The molecular weight excluding hydrogens is 391 g/mol. The summed E-state index contributed by atoms with van der Waals surface area (Å²) in [6, 6.07) is 30.6. The predicted molar refractivity (Wildman–Crippen MR) is 116 cm³/mol. The summed E-state index contributed by atoms with van der Waals surface area (Å²) in [7, 11) is 6.28. The lowest BCUT2D eigenvalue weighted by Crippen LogP contribution is -2.27. The Morgan fingerprint density at radius 2 is 1.07 bits per heavy atom. The van der Waals surface area contributed by atoms with Crippen LogP contribution in [0.4, 0.5) is 0 Å². The van der Waals surface area contributed by atoms with Crippen LogP contribution in [0.3, 0.4) is 0 Å². The average Bonchev–Trinajstić information content (AvgIpc) is 3.14. The topological polar surface area (TPSA) is 0 Å². The predicted octanol–water partition coefficient (Wildman–Crippen LogP) is 5.59. The smallest absolute Gasteiger partial charge is 0.0963 e. The van der Waals surface area contributed by atoms with Gasteiger partial charge in [0.2, 0.25) is 0 Å². The number of halogens is 1. The van der Waals surface area contributed by atoms with Gasteiger partial charge in [0.25, 0.3) is 0 Å².